The lowest BCUT2D eigenvalue weighted by Crippen LogP contribution is -2.46. The predicted molar refractivity (Wildman–Crippen MR) is 153 cm³/mol. The van der Waals surface area contributed by atoms with Crippen molar-refractivity contribution >= 4 is 44.9 Å². The molecule has 0 aliphatic carbocycles. The van der Waals surface area contributed by atoms with Gasteiger partial charge in [-0.25, -0.2) is 9.97 Å². The summed E-state index contributed by atoms with van der Waals surface area (Å²) in [6.45, 7) is 9.16. The minimum atomic E-state index is -0.647. The van der Waals surface area contributed by atoms with Crippen molar-refractivity contribution in [3.8, 4) is 0 Å². The third-order valence-corrected chi connectivity index (χ3v) is 9.32. The number of thiazole rings is 1. The molecule has 4 unspecified atom stereocenters. The molecule has 2 amide bonds. The molecule has 2 saturated heterocycles. The van der Waals surface area contributed by atoms with Crippen LogP contribution < -0.4 is 11.1 Å². The van der Waals surface area contributed by atoms with Crippen LogP contribution in [0.4, 0.5) is 11.5 Å². The second kappa shape index (κ2) is 11.0. The number of rotatable bonds is 4. The van der Waals surface area contributed by atoms with Gasteiger partial charge in [0.25, 0.3) is 0 Å². The van der Waals surface area contributed by atoms with E-state index in [2.05, 4.69) is 54.3 Å². The molecule has 8 nitrogen and oxygen atoms in total. The summed E-state index contributed by atoms with van der Waals surface area (Å²) < 4.78 is 1.18. The fourth-order valence-electron chi connectivity index (χ4n) is 5.96. The molecule has 0 bridgehead atoms. The van der Waals surface area contributed by atoms with Crippen LogP contribution in [-0.4, -0.2) is 58.3 Å². The molecule has 2 fully saturated rings. The average molecular weight is 535 g/mol. The quantitative estimate of drug-likeness (QED) is 0.465. The van der Waals surface area contributed by atoms with Crippen molar-refractivity contribution in [2.75, 3.05) is 37.7 Å². The van der Waals surface area contributed by atoms with Crippen molar-refractivity contribution in [1.82, 2.24) is 19.8 Å². The van der Waals surface area contributed by atoms with Gasteiger partial charge in [-0.05, 0) is 80.4 Å². The Hall–Kier alpha value is -3.04. The average Bonchev–Trinajstić information content (AvgIpc) is 3.32. The first kappa shape index (κ1) is 26.6. The smallest absolute Gasteiger partial charge is 0.313 e. The number of carbonyl (C=O) groups is 2. The zero-order valence-corrected chi connectivity index (χ0v) is 23.6. The Kier molecular flexibility index (Phi) is 7.68. The molecule has 1 aromatic carbocycles. The van der Waals surface area contributed by atoms with Crippen LogP contribution in [0.15, 0.2) is 30.5 Å². The summed E-state index contributed by atoms with van der Waals surface area (Å²) in [5, 5.41) is 3.96. The molecule has 0 spiro atoms. The molecular weight excluding hydrogens is 496 g/mol. The van der Waals surface area contributed by atoms with Crippen LogP contribution >= 0.6 is 11.3 Å². The highest BCUT2D eigenvalue weighted by molar-refractivity contribution is 7.18. The largest absolute Gasteiger partial charge is 0.383 e. The Morgan fingerprint density at radius 2 is 1.97 bits per heavy atom. The molecule has 2 aliphatic rings. The number of fused-ring (bicyclic) bond motifs is 1. The maximum absolute atomic E-state index is 13.4. The number of carbonyl (C=O) groups excluding carboxylic acids is 2. The van der Waals surface area contributed by atoms with Gasteiger partial charge in [0.15, 0.2) is 0 Å². The first-order chi connectivity index (χ1) is 18.2. The van der Waals surface area contributed by atoms with E-state index in [1.807, 2.05) is 6.92 Å². The second-order valence-electron chi connectivity index (χ2n) is 11.1. The molecule has 5 rings (SSSR count). The first-order valence-corrected chi connectivity index (χ1v) is 14.5. The van der Waals surface area contributed by atoms with Crippen LogP contribution in [0.5, 0.6) is 0 Å². The number of piperidine rings is 2. The van der Waals surface area contributed by atoms with E-state index in [1.54, 1.807) is 22.3 Å². The normalized spacial score (nSPS) is 24.5. The summed E-state index contributed by atoms with van der Waals surface area (Å²) >= 11 is 1.79. The van der Waals surface area contributed by atoms with Gasteiger partial charge >= 0.3 is 11.8 Å². The van der Waals surface area contributed by atoms with E-state index >= 15 is 0 Å². The summed E-state index contributed by atoms with van der Waals surface area (Å²) in [6.07, 6.45) is 5.14. The molecule has 3 aromatic rings. The molecule has 38 heavy (non-hydrogen) atoms. The lowest BCUT2D eigenvalue weighted by Gasteiger charge is -2.38. The number of nitrogens with two attached hydrogens (primary N) is 1. The van der Waals surface area contributed by atoms with Crippen LogP contribution in [0.3, 0.4) is 0 Å². The monoisotopic (exact) mass is 534 g/mol. The second-order valence-corrected chi connectivity index (χ2v) is 12.2. The van der Waals surface area contributed by atoms with Gasteiger partial charge in [-0.2, -0.15) is 0 Å². The highest BCUT2D eigenvalue weighted by atomic mass is 32.1. The molecule has 4 heterocycles. The Balaban J connectivity index is 1.37. The van der Waals surface area contributed by atoms with E-state index in [9.17, 15) is 9.59 Å². The van der Waals surface area contributed by atoms with Crippen LogP contribution in [0.2, 0.25) is 0 Å². The summed E-state index contributed by atoms with van der Waals surface area (Å²) in [5.74, 6) is 0.660. The number of aryl methyl sites for hydroxylation is 1. The number of nitrogens with one attached hydrogen (secondary N) is 1. The van der Waals surface area contributed by atoms with Crippen LogP contribution in [0.1, 0.15) is 68.1 Å². The maximum atomic E-state index is 13.4. The number of likely N-dealkylation sites (tertiary alicyclic amines) is 2. The molecule has 0 saturated carbocycles. The summed E-state index contributed by atoms with van der Waals surface area (Å²) in [5.41, 5.74) is 9.25. The molecule has 2 aromatic heterocycles. The molecule has 9 heteroatoms. The number of aromatic nitrogens is 2. The number of anilines is 2. The lowest BCUT2D eigenvalue weighted by molar-refractivity contribution is -0.146. The van der Waals surface area contributed by atoms with Crippen LogP contribution in [-0.2, 0) is 16.0 Å². The molecule has 2 aliphatic heterocycles. The molecule has 0 radical (unpaired) electrons. The Morgan fingerprint density at radius 3 is 2.74 bits per heavy atom. The van der Waals surface area contributed by atoms with Crippen molar-refractivity contribution in [1.29, 1.82) is 0 Å². The van der Waals surface area contributed by atoms with E-state index in [4.69, 9.17) is 10.7 Å². The number of pyridine rings is 1. The van der Waals surface area contributed by atoms with Crippen molar-refractivity contribution < 1.29 is 9.59 Å². The minimum Gasteiger partial charge on any atom is -0.383 e. The van der Waals surface area contributed by atoms with Crippen molar-refractivity contribution in [2.45, 2.75) is 58.4 Å². The Morgan fingerprint density at radius 1 is 1.16 bits per heavy atom. The standard InChI is InChI=1S/C29H38N6O2S/c1-5-19-12-21(14-31-26(19)30)32-27(36)29(37)35-15-17(2)6-8-24(35)20-7-9-25-23(13-20)33-28(38-25)22-10-11-34(4)16-18(22)3/h7,9,12-14,17-18,22,24H,5-6,8,10-11,15-16H2,1-4H3,(H2,30,31)(H,32,36). The fraction of sp³-hybridized carbons (Fsp3) is 0.517. The van der Waals surface area contributed by atoms with Gasteiger partial charge in [-0.3, -0.25) is 9.59 Å². The zero-order chi connectivity index (χ0) is 27.0. The van der Waals surface area contributed by atoms with Crippen LogP contribution in [0, 0.1) is 11.8 Å². The SMILES string of the molecule is CCc1cc(NC(=O)C(=O)N2CC(C)CCC2c2ccc3sc(C4CCN(C)CC4C)nc3c2)cnc1N. The number of nitrogen functional groups attached to an aromatic ring is 1. The summed E-state index contributed by atoms with van der Waals surface area (Å²) in [7, 11) is 2.19. The van der Waals surface area contributed by atoms with E-state index in [0.717, 1.165) is 49.0 Å². The van der Waals surface area contributed by atoms with Gasteiger partial charge < -0.3 is 20.9 Å². The first-order valence-electron chi connectivity index (χ1n) is 13.7. The molecule has 3 N–H and O–H groups in total. The number of nitrogens with zero attached hydrogens (tertiary/aromatic N) is 4. The third-order valence-electron chi connectivity index (χ3n) is 8.15. The van der Waals surface area contributed by atoms with Gasteiger partial charge in [-0.15, -0.1) is 11.3 Å². The predicted octanol–water partition coefficient (Wildman–Crippen LogP) is 4.83. The number of amides is 2. The number of hydrogen-bond acceptors (Lipinski definition) is 7. The third kappa shape index (κ3) is 5.40. The molecular formula is C29H38N6O2S. The lowest BCUT2D eigenvalue weighted by atomic mass is 9.87. The van der Waals surface area contributed by atoms with E-state index < -0.39 is 11.8 Å². The summed E-state index contributed by atoms with van der Waals surface area (Å²) in [4.78, 5) is 39.8. The van der Waals surface area contributed by atoms with Crippen molar-refractivity contribution in [3.63, 3.8) is 0 Å². The van der Waals surface area contributed by atoms with Crippen molar-refractivity contribution in [2.24, 2.45) is 11.8 Å². The van der Waals surface area contributed by atoms with Gasteiger partial charge in [0.1, 0.15) is 5.82 Å². The zero-order valence-electron chi connectivity index (χ0n) is 22.7. The van der Waals surface area contributed by atoms with E-state index in [1.165, 1.54) is 15.9 Å². The summed E-state index contributed by atoms with van der Waals surface area (Å²) in [6, 6.07) is 8.00. The van der Waals surface area contributed by atoms with E-state index in [-0.39, 0.29) is 6.04 Å². The van der Waals surface area contributed by atoms with Crippen molar-refractivity contribution in [3.05, 3.63) is 46.6 Å². The fourth-order valence-corrected chi connectivity index (χ4v) is 7.18. The highest BCUT2D eigenvalue weighted by Gasteiger charge is 2.35. The van der Waals surface area contributed by atoms with Gasteiger partial charge in [-0.1, -0.05) is 26.8 Å². The Bertz CT molecular complexity index is 1340. The number of benzene rings is 1. The molecule has 4 atom stereocenters. The van der Waals surface area contributed by atoms with Gasteiger partial charge in [0.05, 0.1) is 33.2 Å². The number of hydrogen-bond donors (Lipinski definition) is 2. The minimum absolute atomic E-state index is 0.156. The topological polar surface area (TPSA) is 104 Å². The maximum Gasteiger partial charge on any atom is 0.313 e. The van der Waals surface area contributed by atoms with Crippen LogP contribution in [0.25, 0.3) is 10.2 Å². The highest BCUT2D eigenvalue weighted by Crippen LogP contribution is 2.39. The molecule has 202 valence electrons. The van der Waals surface area contributed by atoms with E-state index in [0.29, 0.717) is 42.2 Å². The van der Waals surface area contributed by atoms with Gasteiger partial charge in [0.2, 0.25) is 0 Å². The van der Waals surface area contributed by atoms with Gasteiger partial charge in [0, 0.05) is 19.0 Å². The Labute approximate surface area is 228 Å².